The molecule has 0 bridgehead atoms. The van der Waals surface area contributed by atoms with Crippen LogP contribution in [0.15, 0.2) is 36.4 Å². The third-order valence-electron chi connectivity index (χ3n) is 3.16. The van der Waals surface area contributed by atoms with Crippen molar-refractivity contribution in [1.82, 2.24) is 0 Å². The maximum Gasteiger partial charge on any atom is 0.142 e. The van der Waals surface area contributed by atoms with Crippen LogP contribution >= 0.6 is 0 Å². The van der Waals surface area contributed by atoms with Crippen molar-refractivity contribution in [2.75, 3.05) is 19.5 Å². The van der Waals surface area contributed by atoms with E-state index >= 15 is 0 Å². The predicted molar refractivity (Wildman–Crippen MR) is 77.9 cm³/mol. The van der Waals surface area contributed by atoms with Crippen LogP contribution in [0.3, 0.4) is 0 Å². The molecule has 21 heavy (non-hydrogen) atoms. The lowest BCUT2D eigenvalue weighted by molar-refractivity contribution is 0.404. The Morgan fingerprint density at radius 3 is 2.19 bits per heavy atom. The smallest absolute Gasteiger partial charge is 0.142 e. The summed E-state index contributed by atoms with van der Waals surface area (Å²) in [6, 6.07) is 8.46. The summed E-state index contributed by atoms with van der Waals surface area (Å²) in [5.74, 6) is 0.0861. The number of methoxy groups -OCH3 is 2. The zero-order valence-electron chi connectivity index (χ0n) is 12.1. The van der Waals surface area contributed by atoms with Crippen molar-refractivity contribution in [3.05, 3.63) is 53.6 Å². The van der Waals surface area contributed by atoms with Gasteiger partial charge in [-0.05, 0) is 36.8 Å². The van der Waals surface area contributed by atoms with Gasteiger partial charge in [-0.15, -0.1) is 0 Å². The van der Waals surface area contributed by atoms with E-state index in [1.54, 1.807) is 32.4 Å². The van der Waals surface area contributed by atoms with Crippen LogP contribution in [0.2, 0.25) is 0 Å². The molecule has 2 aromatic carbocycles. The number of rotatable bonds is 5. The number of ether oxygens (including phenoxy) is 2. The van der Waals surface area contributed by atoms with E-state index in [4.69, 9.17) is 9.47 Å². The van der Waals surface area contributed by atoms with Crippen LogP contribution in [0, 0.1) is 11.6 Å². The lowest BCUT2D eigenvalue weighted by atomic mass is 10.1. The van der Waals surface area contributed by atoms with Crippen molar-refractivity contribution < 1.29 is 18.3 Å². The summed E-state index contributed by atoms with van der Waals surface area (Å²) in [7, 11) is 3.12. The maximum atomic E-state index is 13.3. The minimum Gasteiger partial charge on any atom is -0.497 e. The first-order valence-electron chi connectivity index (χ1n) is 6.48. The molecule has 3 nitrogen and oxygen atoms in total. The molecular weight excluding hydrogens is 276 g/mol. The monoisotopic (exact) mass is 293 g/mol. The Morgan fingerprint density at radius 1 is 0.952 bits per heavy atom. The van der Waals surface area contributed by atoms with Crippen LogP contribution in [0.1, 0.15) is 18.5 Å². The summed E-state index contributed by atoms with van der Waals surface area (Å²) >= 11 is 0. The zero-order valence-corrected chi connectivity index (χ0v) is 12.1. The third-order valence-corrected chi connectivity index (χ3v) is 3.16. The molecule has 1 atom stereocenters. The highest BCUT2D eigenvalue weighted by atomic mass is 19.1. The summed E-state index contributed by atoms with van der Waals surface area (Å²) in [6.45, 7) is 1.81. The van der Waals surface area contributed by atoms with Gasteiger partial charge in [-0.1, -0.05) is 0 Å². The van der Waals surface area contributed by atoms with Crippen molar-refractivity contribution in [3.8, 4) is 11.5 Å². The first kappa shape index (κ1) is 15.1. The molecule has 0 saturated heterocycles. The highest BCUT2D eigenvalue weighted by Gasteiger charge is 2.12. The van der Waals surface area contributed by atoms with Crippen LogP contribution in [0.5, 0.6) is 11.5 Å². The molecule has 0 heterocycles. The van der Waals surface area contributed by atoms with E-state index in [1.807, 2.05) is 6.92 Å². The number of hydrogen-bond acceptors (Lipinski definition) is 3. The Kier molecular flexibility index (Phi) is 4.62. The van der Waals surface area contributed by atoms with Crippen molar-refractivity contribution in [2.24, 2.45) is 0 Å². The molecule has 0 aliphatic heterocycles. The zero-order chi connectivity index (χ0) is 15.4. The Bertz CT molecular complexity index is 611. The van der Waals surface area contributed by atoms with E-state index in [1.165, 1.54) is 12.1 Å². The van der Waals surface area contributed by atoms with Gasteiger partial charge in [0.1, 0.15) is 23.1 Å². The summed E-state index contributed by atoms with van der Waals surface area (Å²) < 4.78 is 37.0. The van der Waals surface area contributed by atoms with Gasteiger partial charge in [-0.2, -0.15) is 0 Å². The second-order valence-electron chi connectivity index (χ2n) is 4.64. The Morgan fingerprint density at radius 2 is 1.62 bits per heavy atom. The second kappa shape index (κ2) is 6.43. The molecule has 0 amide bonds. The largest absolute Gasteiger partial charge is 0.497 e. The maximum absolute atomic E-state index is 13.3. The van der Waals surface area contributed by atoms with Crippen LogP contribution in [-0.2, 0) is 0 Å². The van der Waals surface area contributed by atoms with E-state index in [0.29, 0.717) is 22.7 Å². The van der Waals surface area contributed by atoms with E-state index in [0.717, 1.165) is 6.07 Å². The number of hydrogen-bond donors (Lipinski definition) is 1. The lowest BCUT2D eigenvalue weighted by Gasteiger charge is -2.18. The standard InChI is InChI=1S/C16H17F2NO2/c1-10(11-6-12(17)8-13(18)7-11)19-15-9-14(20-2)4-5-16(15)21-3/h4-10,19H,1-3H3. The van der Waals surface area contributed by atoms with Crippen LogP contribution in [0.25, 0.3) is 0 Å². The molecule has 2 rings (SSSR count). The molecule has 1 N–H and O–H groups in total. The van der Waals surface area contributed by atoms with E-state index < -0.39 is 11.6 Å². The molecule has 0 fully saturated rings. The van der Waals surface area contributed by atoms with Crippen molar-refractivity contribution >= 4 is 5.69 Å². The quantitative estimate of drug-likeness (QED) is 0.898. The normalized spacial score (nSPS) is 11.9. The van der Waals surface area contributed by atoms with Gasteiger partial charge in [0, 0.05) is 18.2 Å². The fourth-order valence-corrected chi connectivity index (χ4v) is 2.07. The van der Waals surface area contributed by atoms with Gasteiger partial charge in [0.05, 0.1) is 19.9 Å². The van der Waals surface area contributed by atoms with Gasteiger partial charge >= 0.3 is 0 Å². The molecule has 0 aliphatic rings. The van der Waals surface area contributed by atoms with Gasteiger partial charge in [-0.25, -0.2) is 8.78 Å². The summed E-state index contributed by atoms with van der Waals surface area (Å²) in [5, 5.41) is 3.17. The van der Waals surface area contributed by atoms with Gasteiger partial charge in [0.15, 0.2) is 0 Å². The Balaban J connectivity index is 2.27. The molecule has 0 aliphatic carbocycles. The van der Waals surface area contributed by atoms with E-state index in [9.17, 15) is 8.78 Å². The second-order valence-corrected chi connectivity index (χ2v) is 4.64. The predicted octanol–water partition coefficient (Wildman–Crippen LogP) is 4.16. The Labute approximate surface area is 122 Å². The van der Waals surface area contributed by atoms with Crippen LogP contribution in [0.4, 0.5) is 14.5 Å². The molecule has 0 radical (unpaired) electrons. The molecule has 0 saturated carbocycles. The molecule has 2 aromatic rings. The first-order chi connectivity index (χ1) is 10.0. The third kappa shape index (κ3) is 3.62. The Hall–Kier alpha value is -2.30. The van der Waals surface area contributed by atoms with Crippen LogP contribution < -0.4 is 14.8 Å². The molecule has 0 aromatic heterocycles. The molecule has 1 unspecified atom stereocenters. The van der Waals surface area contributed by atoms with E-state index in [2.05, 4.69) is 5.32 Å². The van der Waals surface area contributed by atoms with Crippen molar-refractivity contribution in [3.63, 3.8) is 0 Å². The summed E-state index contributed by atoms with van der Waals surface area (Å²) in [4.78, 5) is 0. The summed E-state index contributed by atoms with van der Waals surface area (Å²) in [5.41, 5.74) is 1.20. The highest BCUT2D eigenvalue weighted by molar-refractivity contribution is 5.60. The fraction of sp³-hybridized carbons (Fsp3) is 0.250. The van der Waals surface area contributed by atoms with Crippen molar-refractivity contribution in [2.45, 2.75) is 13.0 Å². The SMILES string of the molecule is COc1ccc(OC)c(NC(C)c2cc(F)cc(F)c2)c1. The molecule has 5 heteroatoms. The highest BCUT2D eigenvalue weighted by Crippen LogP contribution is 2.32. The van der Waals surface area contributed by atoms with Gasteiger partial charge < -0.3 is 14.8 Å². The molecule has 0 spiro atoms. The fourth-order valence-electron chi connectivity index (χ4n) is 2.07. The van der Waals surface area contributed by atoms with E-state index in [-0.39, 0.29) is 6.04 Å². The van der Waals surface area contributed by atoms with Gasteiger partial charge in [0.25, 0.3) is 0 Å². The first-order valence-corrected chi connectivity index (χ1v) is 6.48. The minimum atomic E-state index is -0.601. The summed E-state index contributed by atoms with van der Waals surface area (Å²) in [6.07, 6.45) is 0. The average Bonchev–Trinajstić information content (AvgIpc) is 2.46. The van der Waals surface area contributed by atoms with Gasteiger partial charge in [0.2, 0.25) is 0 Å². The minimum absolute atomic E-state index is 0.295. The number of nitrogens with one attached hydrogen (secondary N) is 1. The molecule has 112 valence electrons. The van der Waals surface area contributed by atoms with Gasteiger partial charge in [-0.3, -0.25) is 0 Å². The number of benzene rings is 2. The average molecular weight is 293 g/mol. The molecular formula is C16H17F2NO2. The van der Waals surface area contributed by atoms with Crippen LogP contribution in [-0.4, -0.2) is 14.2 Å². The lowest BCUT2D eigenvalue weighted by Crippen LogP contribution is -2.08. The topological polar surface area (TPSA) is 30.5 Å². The number of halogens is 2. The van der Waals surface area contributed by atoms with Crippen molar-refractivity contribution in [1.29, 1.82) is 0 Å². The number of anilines is 1.